The smallest absolute Gasteiger partial charge is 0.275 e. The van der Waals surface area contributed by atoms with E-state index in [2.05, 4.69) is 5.16 Å². The second kappa shape index (κ2) is 7.94. The van der Waals surface area contributed by atoms with Gasteiger partial charge in [-0.05, 0) is 24.6 Å². The molecular formula is C15H16ClFN2O4. The third-order valence-corrected chi connectivity index (χ3v) is 3.34. The highest BCUT2D eigenvalue weighted by atomic mass is 35.5. The molecule has 1 heterocycles. The Kier molecular flexibility index (Phi) is 5.95. The first-order valence-electron chi connectivity index (χ1n) is 6.91. The number of aliphatic hydroxyl groups excluding tert-OH is 1. The fourth-order valence-electron chi connectivity index (χ4n) is 1.83. The summed E-state index contributed by atoms with van der Waals surface area (Å²) in [7, 11) is 1.61. The van der Waals surface area contributed by atoms with Crippen LogP contribution in [0, 0.1) is 5.82 Å². The minimum absolute atomic E-state index is 0.00594. The lowest BCUT2D eigenvalue weighted by Gasteiger charge is -2.14. The summed E-state index contributed by atoms with van der Waals surface area (Å²) in [5.74, 6) is -0.129. The molecule has 1 amide bonds. The van der Waals surface area contributed by atoms with Crippen molar-refractivity contribution >= 4 is 17.5 Å². The third-order valence-electron chi connectivity index (χ3n) is 3.04. The largest absolute Gasteiger partial charge is 0.484 e. The Morgan fingerprint density at radius 3 is 2.96 bits per heavy atom. The summed E-state index contributed by atoms with van der Waals surface area (Å²) in [4.78, 5) is 13.5. The van der Waals surface area contributed by atoms with E-state index in [-0.39, 0.29) is 29.8 Å². The Bertz CT molecular complexity index is 677. The number of aliphatic hydroxyl groups is 1. The van der Waals surface area contributed by atoms with E-state index < -0.39 is 5.82 Å². The normalized spacial score (nSPS) is 10.6. The number of amides is 1. The van der Waals surface area contributed by atoms with E-state index in [9.17, 15) is 9.18 Å². The molecule has 1 aromatic carbocycles. The van der Waals surface area contributed by atoms with Crippen LogP contribution in [0.2, 0.25) is 5.02 Å². The molecule has 0 unspecified atom stereocenters. The van der Waals surface area contributed by atoms with Gasteiger partial charge in [-0.25, -0.2) is 4.39 Å². The zero-order valence-electron chi connectivity index (χ0n) is 12.5. The van der Waals surface area contributed by atoms with Gasteiger partial charge < -0.3 is 19.3 Å². The topological polar surface area (TPSA) is 75.8 Å². The molecule has 124 valence electrons. The van der Waals surface area contributed by atoms with Crippen molar-refractivity contribution in [3.05, 3.63) is 46.6 Å². The SMILES string of the molecule is CN(CCCO)C(=O)c1cc(COc2ccc(F)cc2Cl)on1. The zero-order chi connectivity index (χ0) is 16.8. The van der Waals surface area contributed by atoms with Gasteiger partial charge in [-0.1, -0.05) is 16.8 Å². The maximum absolute atomic E-state index is 12.9. The fraction of sp³-hybridized carbons (Fsp3) is 0.333. The van der Waals surface area contributed by atoms with Crippen LogP contribution in [-0.4, -0.2) is 41.3 Å². The highest BCUT2D eigenvalue weighted by Crippen LogP contribution is 2.25. The summed E-state index contributed by atoms with van der Waals surface area (Å²) < 4.78 is 23.4. The minimum Gasteiger partial charge on any atom is -0.484 e. The maximum atomic E-state index is 12.9. The molecule has 0 aliphatic heterocycles. The van der Waals surface area contributed by atoms with Crippen molar-refractivity contribution in [2.45, 2.75) is 13.0 Å². The van der Waals surface area contributed by atoms with Crippen molar-refractivity contribution < 1.29 is 23.6 Å². The Labute approximate surface area is 137 Å². The van der Waals surface area contributed by atoms with Crippen LogP contribution in [0.3, 0.4) is 0 Å². The molecule has 6 nitrogen and oxygen atoms in total. The molecule has 2 aromatic rings. The molecule has 0 radical (unpaired) electrons. The average molecular weight is 343 g/mol. The molecule has 1 aromatic heterocycles. The number of carbonyl (C=O) groups is 1. The van der Waals surface area contributed by atoms with E-state index in [1.807, 2.05) is 0 Å². The van der Waals surface area contributed by atoms with Gasteiger partial charge in [-0.15, -0.1) is 0 Å². The van der Waals surface area contributed by atoms with Crippen LogP contribution in [0.4, 0.5) is 4.39 Å². The Morgan fingerprint density at radius 2 is 2.26 bits per heavy atom. The van der Waals surface area contributed by atoms with Crippen LogP contribution in [-0.2, 0) is 6.61 Å². The van der Waals surface area contributed by atoms with E-state index in [0.29, 0.717) is 24.5 Å². The van der Waals surface area contributed by atoms with E-state index in [4.69, 9.17) is 26.0 Å². The van der Waals surface area contributed by atoms with Crippen molar-refractivity contribution in [3.63, 3.8) is 0 Å². The molecule has 1 N–H and O–H groups in total. The number of benzene rings is 1. The molecule has 0 atom stereocenters. The van der Waals surface area contributed by atoms with Gasteiger partial charge in [0, 0.05) is 26.3 Å². The van der Waals surface area contributed by atoms with Gasteiger partial charge >= 0.3 is 0 Å². The predicted octanol–water partition coefficient (Wildman–Crippen LogP) is 2.50. The molecule has 0 bridgehead atoms. The van der Waals surface area contributed by atoms with Crippen LogP contribution in [0.25, 0.3) is 0 Å². The van der Waals surface area contributed by atoms with Gasteiger partial charge in [0.15, 0.2) is 11.5 Å². The van der Waals surface area contributed by atoms with Crippen molar-refractivity contribution in [2.75, 3.05) is 20.2 Å². The minimum atomic E-state index is -0.458. The lowest BCUT2D eigenvalue weighted by atomic mass is 10.3. The van der Waals surface area contributed by atoms with Gasteiger partial charge in [0.05, 0.1) is 5.02 Å². The van der Waals surface area contributed by atoms with E-state index >= 15 is 0 Å². The van der Waals surface area contributed by atoms with Crippen LogP contribution in [0.1, 0.15) is 22.7 Å². The number of hydrogen-bond donors (Lipinski definition) is 1. The van der Waals surface area contributed by atoms with Gasteiger partial charge in [-0.2, -0.15) is 0 Å². The first-order valence-corrected chi connectivity index (χ1v) is 7.29. The molecule has 0 aliphatic rings. The first-order chi connectivity index (χ1) is 11.0. The number of carbonyl (C=O) groups excluding carboxylic acids is 1. The number of hydrogen-bond acceptors (Lipinski definition) is 5. The first kappa shape index (κ1) is 17.2. The van der Waals surface area contributed by atoms with E-state index in [1.165, 1.54) is 23.1 Å². The monoisotopic (exact) mass is 342 g/mol. The molecule has 2 rings (SSSR count). The molecular weight excluding hydrogens is 327 g/mol. The Balaban J connectivity index is 1.95. The molecule has 0 saturated heterocycles. The number of rotatable bonds is 7. The van der Waals surface area contributed by atoms with E-state index in [1.54, 1.807) is 7.05 Å². The highest BCUT2D eigenvalue weighted by Gasteiger charge is 2.17. The summed E-state index contributed by atoms with van der Waals surface area (Å²) in [5, 5.41) is 12.6. The van der Waals surface area contributed by atoms with Crippen molar-refractivity contribution in [1.29, 1.82) is 0 Å². The van der Waals surface area contributed by atoms with Crippen LogP contribution >= 0.6 is 11.6 Å². The van der Waals surface area contributed by atoms with Crippen LogP contribution in [0.15, 0.2) is 28.8 Å². The lowest BCUT2D eigenvalue weighted by molar-refractivity contribution is 0.0776. The van der Waals surface area contributed by atoms with Gasteiger partial charge in [0.1, 0.15) is 18.2 Å². The van der Waals surface area contributed by atoms with Crippen molar-refractivity contribution in [3.8, 4) is 5.75 Å². The van der Waals surface area contributed by atoms with Crippen molar-refractivity contribution in [1.82, 2.24) is 10.1 Å². The average Bonchev–Trinajstić information content (AvgIpc) is 3.00. The predicted molar refractivity (Wildman–Crippen MR) is 80.9 cm³/mol. The van der Waals surface area contributed by atoms with Gasteiger partial charge in [-0.3, -0.25) is 4.79 Å². The second-order valence-corrected chi connectivity index (χ2v) is 5.25. The second-order valence-electron chi connectivity index (χ2n) is 4.85. The molecule has 0 aliphatic carbocycles. The molecule has 0 saturated carbocycles. The Morgan fingerprint density at radius 1 is 1.48 bits per heavy atom. The van der Waals surface area contributed by atoms with Crippen LogP contribution in [0.5, 0.6) is 5.75 Å². The van der Waals surface area contributed by atoms with Crippen LogP contribution < -0.4 is 4.74 Å². The maximum Gasteiger partial charge on any atom is 0.275 e. The molecule has 0 fully saturated rings. The molecule has 8 heteroatoms. The molecule has 23 heavy (non-hydrogen) atoms. The Hall–Kier alpha value is -2.12. The van der Waals surface area contributed by atoms with E-state index in [0.717, 1.165) is 6.07 Å². The fourth-order valence-corrected chi connectivity index (χ4v) is 2.05. The molecule has 0 spiro atoms. The summed E-state index contributed by atoms with van der Waals surface area (Å²) in [6.07, 6.45) is 0.485. The zero-order valence-corrected chi connectivity index (χ0v) is 13.2. The van der Waals surface area contributed by atoms with Gasteiger partial charge in [0.2, 0.25) is 0 Å². The summed E-state index contributed by atoms with van der Waals surface area (Å²) in [6, 6.07) is 5.24. The lowest BCUT2D eigenvalue weighted by Crippen LogP contribution is -2.28. The number of aromatic nitrogens is 1. The standard InChI is InChI=1S/C15H16ClFN2O4/c1-19(5-2-6-20)15(21)13-8-11(23-18-13)9-22-14-4-3-10(17)7-12(14)16/h3-4,7-8,20H,2,5-6,9H2,1H3. The summed E-state index contributed by atoms with van der Waals surface area (Å²) in [5.41, 5.74) is 0.147. The number of halogens is 2. The van der Waals surface area contributed by atoms with Crippen molar-refractivity contribution in [2.24, 2.45) is 0 Å². The third kappa shape index (κ3) is 4.67. The summed E-state index contributed by atoms with van der Waals surface area (Å²) >= 11 is 5.85. The highest BCUT2D eigenvalue weighted by molar-refractivity contribution is 6.32. The number of ether oxygens (including phenoxy) is 1. The quantitative estimate of drug-likeness (QED) is 0.836. The summed E-state index contributed by atoms with van der Waals surface area (Å²) in [6.45, 7) is 0.430. The number of nitrogens with zero attached hydrogens (tertiary/aromatic N) is 2. The van der Waals surface area contributed by atoms with Gasteiger partial charge in [0.25, 0.3) is 5.91 Å².